The molecule has 0 spiro atoms. The summed E-state index contributed by atoms with van der Waals surface area (Å²) in [6.45, 7) is 0. The fourth-order valence-electron chi connectivity index (χ4n) is 0. The summed E-state index contributed by atoms with van der Waals surface area (Å²) in [4.78, 5) is 0. The first kappa shape index (κ1) is 37.7. The van der Waals surface area contributed by atoms with E-state index in [1.54, 1.807) is 0 Å². The third-order valence-corrected chi connectivity index (χ3v) is 0. The van der Waals surface area contributed by atoms with Crippen LogP contribution in [0.3, 0.4) is 0 Å². The molecular weight excluding hydrogens is 985 g/mol. The molecule has 5 heavy (non-hydrogen) atoms. The maximum atomic E-state index is 0. The van der Waals surface area contributed by atoms with Gasteiger partial charge in [0.25, 0.3) is 0 Å². The van der Waals surface area contributed by atoms with Gasteiger partial charge in [-0.05, 0) is 0 Å². The summed E-state index contributed by atoms with van der Waals surface area (Å²) in [5.74, 6) is 0. The van der Waals surface area contributed by atoms with Gasteiger partial charge in [0.2, 0.25) is 0 Å². The zero-order valence-electron chi connectivity index (χ0n) is 1.51. The molecular formula is Au5. The van der Waals surface area contributed by atoms with Crippen molar-refractivity contribution in [2.75, 3.05) is 0 Å². The van der Waals surface area contributed by atoms with Crippen LogP contribution < -0.4 is 0 Å². The summed E-state index contributed by atoms with van der Waals surface area (Å²) >= 11 is 0. The Kier molecular flexibility index (Phi) is 190. The molecule has 5 heteroatoms. The Morgan fingerprint density at radius 1 is 0.200 bits per heavy atom. The number of hydrogen-bond donors (Lipinski definition) is 0. The van der Waals surface area contributed by atoms with E-state index >= 15 is 0 Å². The zero-order chi connectivity index (χ0) is 0. The minimum Gasteiger partial charge on any atom is 0 e. The van der Waals surface area contributed by atoms with Crippen molar-refractivity contribution in [3.05, 3.63) is 0 Å². The maximum Gasteiger partial charge on any atom is 0 e. The molecule has 0 bridgehead atoms. The van der Waals surface area contributed by atoms with Crippen molar-refractivity contribution in [1.29, 1.82) is 0 Å². The molecule has 0 unspecified atom stereocenters. The van der Waals surface area contributed by atoms with Crippen LogP contribution in [-0.2, 0) is 112 Å². The molecule has 0 aromatic carbocycles. The van der Waals surface area contributed by atoms with Crippen LogP contribution in [0.25, 0.3) is 0 Å². The van der Waals surface area contributed by atoms with Crippen LogP contribution in [0, 0.1) is 0 Å². The monoisotopic (exact) mass is 985 g/mol. The molecule has 0 fully saturated rings. The predicted molar refractivity (Wildman–Crippen MR) is 0 cm³/mol. The quantitative estimate of drug-likeness (QED) is 0.301. The molecule has 55 valence electrons. The molecule has 0 heterocycles. The molecule has 0 nitrogen and oxygen atoms in total. The van der Waals surface area contributed by atoms with Crippen molar-refractivity contribution in [2.24, 2.45) is 0 Å². The van der Waals surface area contributed by atoms with E-state index in [1.807, 2.05) is 0 Å². The van der Waals surface area contributed by atoms with Gasteiger partial charge >= 0.3 is 0 Å². The SMILES string of the molecule is [Au].[Au].[Au].[Au].[Au]. The van der Waals surface area contributed by atoms with Crippen LogP contribution in [0.1, 0.15) is 0 Å². The van der Waals surface area contributed by atoms with E-state index in [1.165, 1.54) is 0 Å². The van der Waals surface area contributed by atoms with Crippen molar-refractivity contribution < 1.29 is 112 Å². The Labute approximate surface area is 110 Å². The average Bonchev–Trinajstić information content (AvgIpc) is 0. The second-order valence-electron chi connectivity index (χ2n) is 0. The minimum atomic E-state index is 0. The van der Waals surface area contributed by atoms with E-state index in [0.29, 0.717) is 0 Å². The van der Waals surface area contributed by atoms with Crippen molar-refractivity contribution in [3.63, 3.8) is 0 Å². The van der Waals surface area contributed by atoms with E-state index < -0.39 is 0 Å². The molecule has 0 atom stereocenters. The average molecular weight is 985 g/mol. The zero-order valence-corrected chi connectivity index (χ0v) is 12.3. The van der Waals surface area contributed by atoms with Crippen molar-refractivity contribution >= 4 is 0 Å². The van der Waals surface area contributed by atoms with Gasteiger partial charge in [0, 0.05) is 112 Å². The summed E-state index contributed by atoms with van der Waals surface area (Å²) in [6, 6.07) is 0. The van der Waals surface area contributed by atoms with Gasteiger partial charge in [0.15, 0.2) is 0 Å². The van der Waals surface area contributed by atoms with Crippen molar-refractivity contribution in [2.45, 2.75) is 0 Å². The second kappa shape index (κ2) is 25.2. The maximum absolute atomic E-state index is 0. The Morgan fingerprint density at radius 2 is 0.200 bits per heavy atom. The van der Waals surface area contributed by atoms with Gasteiger partial charge < -0.3 is 0 Å². The smallest absolute Gasteiger partial charge is 0 e. The van der Waals surface area contributed by atoms with Crippen LogP contribution in [0.5, 0.6) is 0 Å². The molecule has 0 saturated carbocycles. The van der Waals surface area contributed by atoms with E-state index in [-0.39, 0.29) is 112 Å². The van der Waals surface area contributed by atoms with Gasteiger partial charge in [0.05, 0.1) is 0 Å². The topological polar surface area (TPSA) is 0 Å². The van der Waals surface area contributed by atoms with Crippen LogP contribution in [0.15, 0.2) is 0 Å². The van der Waals surface area contributed by atoms with Gasteiger partial charge in [-0.2, -0.15) is 0 Å². The standard InChI is InChI=1S/5Au. The summed E-state index contributed by atoms with van der Waals surface area (Å²) < 4.78 is 0. The van der Waals surface area contributed by atoms with Gasteiger partial charge in [-0.1, -0.05) is 0 Å². The summed E-state index contributed by atoms with van der Waals surface area (Å²) in [6.07, 6.45) is 0. The van der Waals surface area contributed by atoms with Crippen LogP contribution >= 0.6 is 0 Å². The molecule has 0 saturated heterocycles. The molecule has 0 aromatic rings. The van der Waals surface area contributed by atoms with Crippen LogP contribution in [-0.4, -0.2) is 0 Å². The van der Waals surface area contributed by atoms with Crippen molar-refractivity contribution in [1.82, 2.24) is 0 Å². The first-order valence-electron chi connectivity index (χ1n) is 0. The fourth-order valence-corrected chi connectivity index (χ4v) is 0. The van der Waals surface area contributed by atoms with Gasteiger partial charge in [-0.25, -0.2) is 0 Å². The molecule has 0 N–H and O–H groups in total. The summed E-state index contributed by atoms with van der Waals surface area (Å²) in [7, 11) is 0. The molecule has 5 radical (unpaired) electrons. The van der Waals surface area contributed by atoms with Gasteiger partial charge in [0.1, 0.15) is 0 Å². The summed E-state index contributed by atoms with van der Waals surface area (Å²) in [5, 5.41) is 0. The van der Waals surface area contributed by atoms with Gasteiger partial charge in [-0.15, -0.1) is 0 Å². The van der Waals surface area contributed by atoms with Crippen LogP contribution in [0.2, 0.25) is 0 Å². The first-order chi connectivity index (χ1) is 0. The Hall–Kier alpha value is 3.70. The Morgan fingerprint density at radius 3 is 0.200 bits per heavy atom. The third-order valence-electron chi connectivity index (χ3n) is 0. The molecule has 0 aliphatic carbocycles. The third kappa shape index (κ3) is 18.3. The Balaban J connectivity index is 0. The molecule has 0 aromatic heterocycles. The van der Waals surface area contributed by atoms with E-state index in [4.69, 9.17) is 0 Å². The normalized spacial score (nSPS) is 0. The summed E-state index contributed by atoms with van der Waals surface area (Å²) in [5.41, 5.74) is 0. The fraction of sp³-hybridized carbons (Fsp3) is 0. The molecule has 0 rings (SSSR count). The van der Waals surface area contributed by atoms with E-state index in [0.717, 1.165) is 0 Å². The predicted octanol–water partition coefficient (Wildman–Crippen LogP) is -0.0125. The second-order valence-corrected chi connectivity index (χ2v) is 0. The van der Waals surface area contributed by atoms with E-state index in [2.05, 4.69) is 0 Å². The van der Waals surface area contributed by atoms with Gasteiger partial charge in [-0.3, -0.25) is 0 Å². The largest absolute Gasteiger partial charge is 0 e. The number of rotatable bonds is 0. The van der Waals surface area contributed by atoms with E-state index in [9.17, 15) is 0 Å². The molecule has 0 amide bonds. The minimum absolute atomic E-state index is 0. The number of hydrogen-bond acceptors (Lipinski definition) is 0. The van der Waals surface area contributed by atoms with Crippen molar-refractivity contribution in [3.8, 4) is 0 Å². The first-order valence-corrected chi connectivity index (χ1v) is 0. The molecule has 0 aliphatic heterocycles. The van der Waals surface area contributed by atoms with Crippen LogP contribution in [0.4, 0.5) is 0 Å². The molecule has 0 aliphatic rings. The Bertz CT molecular complexity index is 0.